The summed E-state index contributed by atoms with van der Waals surface area (Å²) in [6, 6.07) is 15.8. The number of ether oxygens (including phenoxy) is 2. The van der Waals surface area contributed by atoms with Gasteiger partial charge in [-0.1, -0.05) is 18.2 Å². The highest BCUT2D eigenvalue weighted by Crippen LogP contribution is 2.45. The van der Waals surface area contributed by atoms with Crippen LogP contribution < -0.4 is 15.6 Å². The molecular weight excluding hydrogens is 477 g/mol. The quantitative estimate of drug-likeness (QED) is 0.402. The number of carbonyl (C=O) groups excluding carboxylic acids is 2. The first-order chi connectivity index (χ1) is 17.7. The summed E-state index contributed by atoms with van der Waals surface area (Å²) >= 11 is 0. The third-order valence-corrected chi connectivity index (χ3v) is 6.45. The maximum Gasteiger partial charge on any atom is 0.269 e. The summed E-state index contributed by atoms with van der Waals surface area (Å²) in [5.74, 6) is -1.32. The van der Waals surface area contributed by atoms with Crippen LogP contribution in [0.2, 0.25) is 0 Å². The van der Waals surface area contributed by atoms with Crippen LogP contribution >= 0.6 is 0 Å². The van der Waals surface area contributed by atoms with Crippen LogP contribution in [0.1, 0.15) is 50.2 Å². The van der Waals surface area contributed by atoms with E-state index in [-0.39, 0.29) is 22.9 Å². The molecule has 1 aliphatic rings. The maximum absolute atomic E-state index is 13.6. The summed E-state index contributed by atoms with van der Waals surface area (Å²) in [6.45, 7) is 1.17. The van der Waals surface area contributed by atoms with Crippen LogP contribution in [0.25, 0.3) is 0 Å². The smallest absolute Gasteiger partial charge is 0.269 e. The molecule has 0 aromatic heterocycles. The minimum Gasteiger partial charge on any atom is -0.504 e. The SMILES string of the molecule is COc1cc(C(=O)NNC(=O)c2ccc3c(c2)COC3(CCCN(C)C)c2ccc(F)cc2)ccc1O. The van der Waals surface area contributed by atoms with E-state index in [0.29, 0.717) is 18.6 Å². The van der Waals surface area contributed by atoms with Crippen LogP contribution in [0.15, 0.2) is 60.7 Å². The van der Waals surface area contributed by atoms with E-state index >= 15 is 0 Å². The lowest BCUT2D eigenvalue weighted by atomic mass is 9.81. The number of nitrogens with zero attached hydrogens (tertiary/aromatic N) is 1. The van der Waals surface area contributed by atoms with Crippen molar-refractivity contribution in [3.05, 3.63) is 94.3 Å². The van der Waals surface area contributed by atoms with Gasteiger partial charge >= 0.3 is 0 Å². The molecule has 0 saturated heterocycles. The molecule has 0 saturated carbocycles. The topological polar surface area (TPSA) is 100 Å². The summed E-state index contributed by atoms with van der Waals surface area (Å²) < 4.78 is 25.0. The van der Waals surface area contributed by atoms with Crippen molar-refractivity contribution >= 4 is 11.8 Å². The first kappa shape index (κ1) is 26.1. The average molecular weight is 508 g/mol. The largest absolute Gasteiger partial charge is 0.504 e. The second-order valence-corrected chi connectivity index (χ2v) is 9.20. The van der Waals surface area contributed by atoms with Gasteiger partial charge in [-0.2, -0.15) is 0 Å². The number of hydrogen-bond acceptors (Lipinski definition) is 6. The molecule has 0 radical (unpaired) electrons. The molecule has 3 N–H and O–H groups in total. The Morgan fingerprint density at radius 2 is 1.68 bits per heavy atom. The molecule has 8 nitrogen and oxygen atoms in total. The first-order valence-electron chi connectivity index (χ1n) is 11.9. The summed E-state index contributed by atoms with van der Waals surface area (Å²) in [4.78, 5) is 27.3. The zero-order valence-electron chi connectivity index (χ0n) is 21.0. The van der Waals surface area contributed by atoms with Crippen molar-refractivity contribution in [3.8, 4) is 11.5 Å². The predicted octanol–water partition coefficient (Wildman–Crippen LogP) is 3.73. The number of phenolic OH excluding ortho intramolecular Hbond substituents is 1. The molecule has 194 valence electrons. The molecule has 0 aliphatic carbocycles. The number of rotatable bonds is 8. The lowest BCUT2D eigenvalue weighted by Gasteiger charge is -2.31. The normalized spacial score (nSPS) is 16.4. The standard InChI is InChI=1S/C28H30FN3O5/c1-32(2)14-4-13-28(21-7-9-22(29)10-8-21)23-11-5-18(15-20(23)17-37-28)26(34)30-31-27(35)19-6-12-24(33)25(16-19)36-3/h5-12,15-16,33H,4,13-14,17H2,1-3H3,(H,30,34)(H,31,35). The molecule has 2 amide bonds. The van der Waals surface area contributed by atoms with Gasteiger partial charge in [0, 0.05) is 11.1 Å². The predicted molar refractivity (Wildman–Crippen MR) is 136 cm³/mol. The van der Waals surface area contributed by atoms with Crippen molar-refractivity contribution in [2.75, 3.05) is 27.7 Å². The molecule has 1 heterocycles. The minimum absolute atomic E-state index is 0.0955. The van der Waals surface area contributed by atoms with Crippen LogP contribution in [-0.2, 0) is 16.9 Å². The fourth-order valence-corrected chi connectivity index (χ4v) is 4.56. The Hall–Kier alpha value is -3.95. The molecule has 4 rings (SSSR count). The Morgan fingerprint density at radius 3 is 2.32 bits per heavy atom. The molecule has 0 spiro atoms. The molecule has 1 aliphatic heterocycles. The van der Waals surface area contributed by atoms with Crippen LogP contribution in [0.3, 0.4) is 0 Å². The molecule has 9 heteroatoms. The number of benzene rings is 3. The van der Waals surface area contributed by atoms with E-state index in [1.165, 1.54) is 37.4 Å². The molecule has 37 heavy (non-hydrogen) atoms. The summed E-state index contributed by atoms with van der Waals surface area (Å²) in [7, 11) is 5.40. The second kappa shape index (κ2) is 11.0. The number of methoxy groups -OCH3 is 1. The number of hydrogen-bond donors (Lipinski definition) is 3. The van der Waals surface area contributed by atoms with Gasteiger partial charge in [0.15, 0.2) is 11.5 Å². The number of phenols is 1. The number of aromatic hydroxyl groups is 1. The van der Waals surface area contributed by atoms with Gasteiger partial charge in [0.05, 0.1) is 13.7 Å². The van der Waals surface area contributed by atoms with Crippen LogP contribution in [-0.4, -0.2) is 49.6 Å². The van der Waals surface area contributed by atoms with Crippen LogP contribution in [0.4, 0.5) is 4.39 Å². The maximum atomic E-state index is 13.6. The monoisotopic (exact) mass is 507 g/mol. The van der Waals surface area contributed by atoms with Gasteiger partial charge in [0.25, 0.3) is 11.8 Å². The molecule has 0 bridgehead atoms. The molecule has 3 aromatic carbocycles. The number of amides is 2. The van der Waals surface area contributed by atoms with Gasteiger partial charge in [0.2, 0.25) is 0 Å². The highest BCUT2D eigenvalue weighted by Gasteiger charge is 2.41. The average Bonchev–Trinajstić information content (AvgIpc) is 3.26. The van der Waals surface area contributed by atoms with Gasteiger partial charge in [-0.25, -0.2) is 4.39 Å². The number of nitrogens with one attached hydrogen (secondary N) is 2. The van der Waals surface area contributed by atoms with Gasteiger partial charge < -0.3 is 19.5 Å². The van der Waals surface area contributed by atoms with Crippen molar-refractivity contribution in [2.24, 2.45) is 0 Å². The fraction of sp³-hybridized carbons (Fsp3) is 0.286. The van der Waals surface area contributed by atoms with E-state index in [4.69, 9.17) is 9.47 Å². The minimum atomic E-state index is -0.736. The zero-order valence-corrected chi connectivity index (χ0v) is 21.0. The highest BCUT2D eigenvalue weighted by molar-refractivity contribution is 5.99. The molecule has 1 unspecified atom stereocenters. The van der Waals surface area contributed by atoms with Gasteiger partial charge in [-0.15, -0.1) is 0 Å². The third-order valence-electron chi connectivity index (χ3n) is 6.45. The van der Waals surface area contributed by atoms with E-state index in [2.05, 4.69) is 15.8 Å². The zero-order chi connectivity index (χ0) is 26.6. The van der Waals surface area contributed by atoms with Crippen molar-refractivity contribution < 1.29 is 28.6 Å². The van der Waals surface area contributed by atoms with Crippen molar-refractivity contribution in [1.82, 2.24) is 15.8 Å². The van der Waals surface area contributed by atoms with E-state index in [9.17, 15) is 19.1 Å². The second-order valence-electron chi connectivity index (χ2n) is 9.20. The van der Waals surface area contributed by atoms with Gasteiger partial charge in [-0.05, 0) is 92.6 Å². The molecule has 1 atom stereocenters. The molecular formula is C28H30FN3O5. The number of fused-ring (bicyclic) bond motifs is 1. The Bertz CT molecular complexity index is 1300. The first-order valence-corrected chi connectivity index (χ1v) is 11.9. The van der Waals surface area contributed by atoms with Crippen molar-refractivity contribution in [3.63, 3.8) is 0 Å². The third kappa shape index (κ3) is 5.58. The number of carbonyl (C=O) groups is 2. The fourth-order valence-electron chi connectivity index (χ4n) is 4.56. The lowest BCUT2D eigenvalue weighted by molar-refractivity contribution is -0.0140. The van der Waals surface area contributed by atoms with Crippen LogP contribution in [0.5, 0.6) is 11.5 Å². The summed E-state index contributed by atoms with van der Waals surface area (Å²) in [5.41, 5.74) is 7.28. The Kier molecular flexibility index (Phi) is 7.75. The number of hydrazine groups is 1. The molecule has 0 fully saturated rings. The van der Waals surface area contributed by atoms with Crippen LogP contribution in [0, 0.1) is 5.82 Å². The van der Waals surface area contributed by atoms with Gasteiger partial charge in [0.1, 0.15) is 11.4 Å². The summed E-state index contributed by atoms with van der Waals surface area (Å²) in [5, 5.41) is 9.70. The Morgan fingerprint density at radius 1 is 1.03 bits per heavy atom. The summed E-state index contributed by atoms with van der Waals surface area (Å²) in [6.07, 6.45) is 1.56. The van der Waals surface area contributed by atoms with Crippen molar-refractivity contribution in [2.45, 2.75) is 25.0 Å². The van der Waals surface area contributed by atoms with E-state index in [0.717, 1.165) is 29.7 Å². The molecule has 3 aromatic rings. The van der Waals surface area contributed by atoms with Crippen molar-refractivity contribution in [1.29, 1.82) is 0 Å². The van der Waals surface area contributed by atoms with E-state index < -0.39 is 17.4 Å². The number of halogens is 1. The Labute approximate surface area is 215 Å². The highest BCUT2D eigenvalue weighted by atomic mass is 19.1. The lowest BCUT2D eigenvalue weighted by Crippen LogP contribution is -2.41. The van der Waals surface area contributed by atoms with E-state index in [1.807, 2.05) is 20.2 Å². The Balaban J connectivity index is 1.52. The van der Waals surface area contributed by atoms with E-state index in [1.54, 1.807) is 24.3 Å². The van der Waals surface area contributed by atoms with Gasteiger partial charge in [-0.3, -0.25) is 20.4 Å².